The predicted octanol–water partition coefficient (Wildman–Crippen LogP) is 4.79. The third-order valence-corrected chi connectivity index (χ3v) is 5.21. The van der Waals surface area contributed by atoms with Crippen molar-refractivity contribution < 1.29 is 0 Å². The van der Waals surface area contributed by atoms with Gasteiger partial charge in [0.1, 0.15) is 0 Å². The molecule has 2 rings (SSSR count). The van der Waals surface area contributed by atoms with Crippen molar-refractivity contribution in [2.75, 3.05) is 0 Å². The van der Waals surface area contributed by atoms with E-state index in [2.05, 4.69) is 70.2 Å². The van der Waals surface area contributed by atoms with Gasteiger partial charge in [0.25, 0.3) is 0 Å². The quantitative estimate of drug-likeness (QED) is 0.817. The van der Waals surface area contributed by atoms with E-state index in [1.807, 2.05) is 11.8 Å². The number of aryl methyl sites for hydroxylation is 3. The zero-order valence-corrected chi connectivity index (χ0v) is 13.5. The van der Waals surface area contributed by atoms with Crippen LogP contribution in [-0.4, -0.2) is 6.04 Å². The topological polar surface area (TPSA) is 26.0 Å². The lowest BCUT2D eigenvalue weighted by atomic mass is 10.0. The minimum atomic E-state index is 0.113. The van der Waals surface area contributed by atoms with Crippen LogP contribution in [0, 0.1) is 20.8 Å². The van der Waals surface area contributed by atoms with Gasteiger partial charge in [0.05, 0.1) is 0 Å². The Morgan fingerprint density at radius 1 is 0.950 bits per heavy atom. The first kappa shape index (κ1) is 15.1. The van der Waals surface area contributed by atoms with Crippen LogP contribution in [0.25, 0.3) is 0 Å². The molecule has 0 aromatic heterocycles. The van der Waals surface area contributed by atoms with E-state index in [1.165, 1.54) is 27.1 Å². The Hall–Kier alpha value is -1.25. The van der Waals surface area contributed by atoms with Crippen LogP contribution in [0.4, 0.5) is 0 Å². The molecule has 0 bridgehead atoms. The number of hydrogen-bond acceptors (Lipinski definition) is 2. The highest BCUT2D eigenvalue weighted by Gasteiger charge is 2.20. The van der Waals surface area contributed by atoms with Crippen molar-refractivity contribution in [1.82, 2.24) is 0 Å². The Morgan fingerprint density at radius 3 is 2.25 bits per heavy atom. The lowest BCUT2D eigenvalue weighted by molar-refractivity contribution is 0.718. The van der Waals surface area contributed by atoms with Crippen LogP contribution in [0.5, 0.6) is 0 Å². The Morgan fingerprint density at radius 2 is 1.65 bits per heavy atom. The fraction of sp³-hybridized carbons (Fsp3) is 0.333. The molecule has 0 spiro atoms. The first-order valence-corrected chi connectivity index (χ1v) is 7.92. The third kappa shape index (κ3) is 3.44. The molecule has 2 heteroatoms. The molecule has 0 heterocycles. The minimum absolute atomic E-state index is 0.113. The highest BCUT2D eigenvalue weighted by Crippen LogP contribution is 2.39. The molecular weight excluding hydrogens is 262 g/mol. The second kappa shape index (κ2) is 6.47. The van der Waals surface area contributed by atoms with Crippen molar-refractivity contribution in [3.63, 3.8) is 0 Å². The monoisotopic (exact) mass is 285 g/mol. The van der Waals surface area contributed by atoms with Crippen molar-refractivity contribution >= 4 is 11.8 Å². The number of rotatable bonds is 4. The van der Waals surface area contributed by atoms with Crippen molar-refractivity contribution in [1.29, 1.82) is 0 Å². The summed E-state index contributed by atoms with van der Waals surface area (Å²) in [6, 6.07) is 15.3. The van der Waals surface area contributed by atoms with Crippen LogP contribution >= 0.6 is 11.8 Å². The molecule has 0 aliphatic rings. The minimum Gasteiger partial charge on any atom is -0.327 e. The summed E-state index contributed by atoms with van der Waals surface area (Å²) in [5.41, 5.74) is 11.5. The molecule has 0 amide bonds. The summed E-state index contributed by atoms with van der Waals surface area (Å²) in [6.07, 6.45) is 0. The fourth-order valence-corrected chi connectivity index (χ4v) is 3.70. The van der Waals surface area contributed by atoms with Crippen molar-refractivity contribution in [2.45, 2.75) is 43.9 Å². The van der Waals surface area contributed by atoms with Gasteiger partial charge in [-0.25, -0.2) is 0 Å². The van der Waals surface area contributed by atoms with Gasteiger partial charge in [-0.05, 0) is 50.5 Å². The maximum absolute atomic E-state index is 6.24. The lowest BCUT2D eigenvalue weighted by Crippen LogP contribution is -2.23. The average molecular weight is 285 g/mol. The number of hydrogen-bond donors (Lipinski definition) is 1. The zero-order chi connectivity index (χ0) is 14.7. The Balaban J connectivity index is 2.33. The average Bonchev–Trinajstić information content (AvgIpc) is 2.39. The first-order chi connectivity index (χ1) is 9.49. The van der Waals surface area contributed by atoms with Crippen molar-refractivity contribution in [3.8, 4) is 0 Å². The lowest BCUT2D eigenvalue weighted by Gasteiger charge is -2.23. The van der Waals surface area contributed by atoms with E-state index in [4.69, 9.17) is 5.73 Å². The van der Waals surface area contributed by atoms with Gasteiger partial charge in [-0.1, -0.05) is 42.0 Å². The maximum atomic E-state index is 6.24. The van der Waals surface area contributed by atoms with Gasteiger partial charge in [0.15, 0.2) is 0 Å². The van der Waals surface area contributed by atoms with Gasteiger partial charge in [0.2, 0.25) is 0 Å². The molecule has 2 N–H and O–H groups in total. The van der Waals surface area contributed by atoms with E-state index in [1.54, 1.807) is 0 Å². The summed E-state index contributed by atoms with van der Waals surface area (Å²) < 4.78 is 0. The maximum Gasteiger partial charge on any atom is 0.0495 e. The summed E-state index contributed by atoms with van der Waals surface area (Å²) >= 11 is 1.87. The van der Waals surface area contributed by atoms with Crippen molar-refractivity contribution in [3.05, 3.63) is 64.7 Å². The van der Waals surface area contributed by atoms with Crippen molar-refractivity contribution in [2.24, 2.45) is 5.73 Å². The molecule has 0 saturated carbocycles. The summed E-state index contributed by atoms with van der Waals surface area (Å²) in [5.74, 6) is 0. The van der Waals surface area contributed by atoms with Gasteiger partial charge < -0.3 is 5.73 Å². The number of benzene rings is 2. The molecule has 0 fully saturated rings. The molecule has 0 aliphatic carbocycles. The Labute approximate surface area is 126 Å². The summed E-state index contributed by atoms with van der Waals surface area (Å²) in [4.78, 5) is 1.32. The zero-order valence-electron chi connectivity index (χ0n) is 12.7. The molecule has 0 saturated heterocycles. The molecule has 20 heavy (non-hydrogen) atoms. The van der Waals surface area contributed by atoms with E-state index in [0.717, 1.165) is 0 Å². The summed E-state index contributed by atoms with van der Waals surface area (Å²) in [5, 5.41) is 0.289. The molecule has 1 nitrogen and oxygen atoms in total. The van der Waals surface area contributed by atoms with Gasteiger partial charge in [0, 0.05) is 16.2 Å². The van der Waals surface area contributed by atoms with Crippen LogP contribution in [0.1, 0.15) is 34.4 Å². The first-order valence-electron chi connectivity index (χ1n) is 7.04. The van der Waals surface area contributed by atoms with Gasteiger partial charge in [-0.2, -0.15) is 0 Å². The van der Waals surface area contributed by atoms with Gasteiger partial charge >= 0.3 is 0 Å². The highest BCUT2D eigenvalue weighted by atomic mass is 32.2. The van der Waals surface area contributed by atoms with E-state index in [0.29, 0.717) is 0 Å². The Kier molecular flexibility index (Phi) is 4.90. The second-order valence-electron chi connectivity index (χ2n) is 5.52. The highest BCUT2D eigenvalue weighted by molar-refractivity contribution is 7.99. The molecule has 0 radical (unpaired) electrons. The molecule has 106 valence electrons. The van der Waals surface area contributed by atoms with Crippen LogP contribution < -0.4 is 5.73 Å². The molecule has 2 unspecified atom stereocenters. The Bertz CT molecular complexity index is 590. The molecular formula is C18H23NS. The molecule has 2 aromatic rings. The molecule has 2 aromatic carbocycles. The molecule has 0 aliphatic heterocycles. The SMILES string of the molecule is Cc1ccc(SC(c2ccccc2C)C(C)N)c(C)c1. The third-order valence-electron chi connectivity index (χ3n) is 3.56. The van der Waals surface area contributed by atoms with E-state index < -0.39 is 0 Å². The summed E-state index contributed by atoms with van der Waals surface area (Å²) in [7, 11) is 0. The normalized spacial score (nSPS) is 14.1. The predicted molar refractivity (Wildman–Crippen MR) is 89.3 cm³/mol. The smallest absolute Gasteiger partial charge is 0.0495 e. The van der Waals surface area contributed by atoms with Crippen LogP contribution in [-0.2, 0) is 0 Å². The van der Waals surface area contributed by atoms with Gasteiger partial charge in [-0.3, -0.25) is 0 Å². The van der Waals surface area contributed by atoms with Crippen LogP contribution in [0.15, 0.2) is 47.4 Å². The van der Waals surface area contributed by atoms with E-state index in [9.17, 15) is 0 Å². The number of nitrogens with two attached hydrogens (primary N) is 1. The molecule has 2 atom stereocenters. The fourth-order valence-electron chi connectivity index (χ4n) is 2.43. The van der Waals surface area contributed by atoms with E-state index in [-0.39, 0.29) is 11.3 Å². The van der Waals surface area contributed by atoms with Crippen LogP contribution in [0.2, 0.25) is 0 Å². The largest absolute Gasteiger partial charge is 0.327 e. The number of thioether (sulfide) groups is 1. The van der Waals surface area contributed by atoms with Gasteiger partial charge in [-0.15, -0.1) is 11.8 Å². The summed E-state index contributed by atoms with van der Waals surface area (Å²) in [6.45, 7) is 8.55. The van der Waals surface area contributed by atoms with E-state index >= 15 is 0 Å². The standard InChI is InChI=1S/C18H23NS/c1-12-9-10-17(14(3)11-12)20-18(15(4)19)16-8-6-5-7-13(16)2/h5-11,15,18H,19H2,1-4H3. The van der Waals surface area contributed by atoms with Crippen LogP contribution in [0.3, 0.4) is 0 Å². The second-order valence-corrected chi connectivity index (χ2v) is 6.71.